The summed E-state index contributed by atoms with van der Waals surface area (Å²) in [6.07, 6.45) is 3.00. The van der Waals surface area contributed by atoms with Crippen molar-refractivity contribution in [3.8, 4) is 0 Å². The molecule has 4 nitrogen and oxygen atoms in total. The molecule has 98 valence electrons. The third-order valence-corrected chi connectivity index (χ3v) is 2.96. The van der Waals surface area contributed by atoms with Gasteiger partial charge in [0.15, 0.2) is 0 Å². The van der Waals surface area contributed by atoms with Crippen molar-refractivity contribution in [1.29, 1.82) is 0 Å². The third-order valence-electron chi connectivity index (χ3n) is 2.96. The first-order valence-corrected chi connectivity index (χ1v) is 6.38. The second kappa shape index (κ2) is 5.63. The van der Waals surface area contributed by atoms with Gasteiger partial charge in [-0.3, -0.25) is 4.68 Å². The largest absolute Gasteiger partial charge is 0.312 e. The molecule has 0 saturated heterocycles. The van der Waals surface area contributed by atoms with Gasteiger partial charge in [-0.2, -0.15) is 0 Å². The normalized spacial score (nSPS) is 14.3. The fourth-order valence-electron chi connectivity index (χ4n) is 1.74. The van der Waals surface area contributed by atoms with Crippen LogP contribution in [0.3, 0.4) is 0 Å². The van der Waals surface area contributed by atoms with Crippen molar-refractivity contribution in [1.82, 2.24) is 20.3 Å². The van der Waals surface area contributed by atoms with E-state index in [4.69, 9.17) is 0 Å². The van der Waals surface area contributed by atoms with Crippen LogP contribution in [-0.2, 0) is 13.5 Å². The maximum atomic E-state index is 4.17. The van der Waals surface area contributed by atoms with Crippen LogP contribution in [0.4, 0.5) is 0 Å². The smallest absolute Gasteiger partial charge is 0.0830 e. The first-order valence-electron chi connectivity index (χ1n) is 6.38. The fraction of sp³-hybridized carbons (Fsp3) is 0.846. The van der Waals surface area contributed by atoms with Crippen LogP contribution < -0.4 is 5.32 Å². The summed E-state index contributed by atoms with van der Waals surface area (Å²) in [5.41, 5.74) is 1.26. The highest BCUT2D eigenvalue weighted by Crippen LogP contribution is 2.16. The molecule has 0 amide bonds. The zero-order chi connectivity index (χ0) is 13.1. The van der Waals surface area contributed by atoms with E-state index < -0.39 is 0 Å². The van der Waals surface area contributed by atoms with Gasteiger partial charge in [-0.05, 0) is 45.6 Å². The minimum absolute atomic E-state index is 0.176. The zero-order valence-electron chi connectivity index (χ0n) is 12.0. The number of rotatable bonds is 5. The molecule has 1 unspecified atom stereocenters. The van der Waals surface area contributed by atoms with E-state index in [0.29, 0.717) is 11.8 Å². The quantitative estimate of drug-likeness (QED) is 0.853. The second-order valence-corrected chi connectivity index (χ2v) is 6.22. The molecule has 0 aliphatic heterocycles. The van der Waals surface area contributed by atoms with Gasteiger partial charge in [0.1, 0.15) is 0 Å². The van der Waals surface area contributed by atoms with Crippen LogP contribution in [0.1, 0.15) is 40.3 Å². The van der Waals surface area contributed by atoms with Gasteiger partial charge in [0.25, 0.3) is 0 Å². The number of nitrogens with zero attached hydrogens (tertiary/aromatic N) is 3. The summed E-state index contributed by atoms with van der Waals surface area (Å²) in [5.74, 6) is 1.25. The molecule has 1 heterocycles. The van der Waals surface area contributed by atoms with Crippen LogP contribution in [0.15, 0.2) is 6.20 Å². The SMILES string of the molecule is CC(C)C(CNC(C)(C)C)Cc1cn(C)nn1. The molecule has 1 aromatic rings. The number of aryl methyl sites for hydroxylation is 1. The monoisotopic (exact) mass is 238 g/mol. The standard InChI is InChI=1S/C13H26N4/c1-10(2)11(8-14-13(3,4)5)7-12-9-17(6)16-15-12/h9-11,14H,7-8H2,1-6H3. The van der Waals surface area contributed by atoms with Gasteiger partial charge in [-0.15, -0.1) is 5.10 Å². The lowest BCUT2D eigenvalue weighted by Crippen LogP contribution is -2.40. The summed E-state index contributed by atoms with van der Waals surface area (Å²) in [6, 6.07) is 0. The molecule has 1 aromatic heterocycles. The summed E-state index contributed by atoms with van der Waals surface area (Å²) in [6.45, 7) is 12.2. The van der Waals surface area contributed by atoms with Crippen LogP contribution in [0, 0.1) is 11.8 Å². The molecule has 0 aliphatic rings. The predicted octanol–water partition coefficient (Wildman–Crippen LogP) is 2.02. The Morgan fingerprint density at radius 2 is 2.00 bits per heavy atom. The molecule has 0 aromatic carbocycles. The number of hydrogen-bond acceptors (Lipinski definition) is 3. The maximum Gasteiger partial charge on any atom is 0.0830 e. The summed E-state index contributed by atoms with van der Waals surface area (Å²) in [4.78, 5) is 0. The first-order chi connectivity index (χ1) is 7.78. The molecule has 1 atom stereocenters. The third kappa shape index (κ3) is 5.31. The minimum atomic E-state index is 0.176. The van der Waals surface area contributed by atoms with Crippen LogP contribution in [0.5, 0.6) is 0 Å². The van der Waals surface area contributed by atoms with E-state index in [9.17, 15) is 0 Å². The highest BCUT2D eigenvalue weighted by Gasteiger charge is 2.18. The van der Waals surface area contributed by atoms with Gasteiger partial charge in [-0.1, -0.05) is 19.1 Å². The molecular weight excluding hydrogens is 212 g/mol. The average molecular weight is 238 g/mol. The molecule has 17 heavy (non-hydrogen) atoms. The number of aromatic nitrogens is 3. The van der Waals surface area contributed by atoms with E-state index in [1.807, 2.05) is 13.2 Å². The Bertz CT molecular complexity index is 335. The van der Waals surface area contributed by atoms with Crippen LogP contribution >= 0.6 is 0 Å². The summed E-state index contributed by atoms with van der Waals surface area (Å²) in [5, 5.41) is 11.7. The molecule has 0 radical (unpaired) electrons. The van der Waals surface area contributed by atoms with Crippen molar-refractivity contribution in [2.45, 2.75) is 46.6 Å². The first kappa shape index (κ1) is 14.2. The molecule has 1 rings (SSSR count). The van der Waals surface area contributed by atoms with Crippen molar-refractivity contribution in [3.05, 3.63) is 11.9 Å². The highest BCUT2D eigenvalue weighted by atomic mass is 15.4. The Labute approximate surface area is 105 Å². The van der Waals surface area contributed by atoms with Crippen molar-refractivity contribution < 1.29 is 0 Å². The Kier molecular flexibility index (Phi) is 4.69. The van der Waals surface area contributed by atoms with Crippen molar-refractivity contribution in [2.24, 2.45) is 18.9 Å². The van der Waals surface area contributed by atoms with Crippen LogP contribution in [-0.4, -0.2) is 27.1 Å². The molecule has 0 fully saturated rings. The van der Waals surface area contributed by atoms with E-state index >= 15 is 0 Å². The molecule has 1 N–H and O–H groups in total. The van der Waals surface area contributed by atoms with Gasteiger partial charge in [-0.25, -0.2) is 0 Å². The van der Waals surface area contributed by atoms with Gasteiger partial charge < -0.3 is 5.32 Å². The average Bonchev–Trinajstić information content (AvgIpc) is 2.56. The van der Waals surface area contributed by atoms with E-state index in [2.05, 4.69) is 50.2 Å². The van der Waals surface area contributed by atoms with Crippen LogP contribution in [0.25, 0.3) is 0 Å². The molecule has 0 saturated carbocycles. The zero-order valence-corrected chi connectivity index (χ0v) is 12.0. The molecule has 0 bridgehead atoms. The molecule has 0 aliphatic carbocycles. The highest BCUT2D eigenvalue weighted by molar-refractivity contribution is 4.95. The summed E-state index contributed by atoms with van der Waals surface area (Å²) >= 11 is 0. The molecule has 4 heteroatoms. The van der Waals surface area contributed by atoms with Gasteiger partial charge in [0.2, 0.25) is 0 Å². The lowest BCUT2D eigenvalue weighted by molar-refractivity contribution is 0.310. The predicted molar refractivity (Wildman–Crippen MR) is 70.8 cm³/mol. The molecular formula is C13H26N4. The maximum absolute atomic E-state index is 4.17. The topological polar surface area (TPSA) is 42.7 Å². The summed E-state index contributed by atoms with van der Waals surface area (Å²) < 4.78 is 1.77. The number of hydrogen-bond donors (Lipinski definition) is 1. The Morgan fingerprint density at radius 3 is 2.41 bits per heavy atom. The fourth-order valence-corrected chi connectivity index (χ4v) is 1.74. The second-order valence-electron chi connectivity index (χ2n) is 6.22. The lowest BCUT2D eigenvalue weighted by atomic mass is 9.90. The van der Waals surface area contributed by atoms with E-state index in [1.165, 1.54) is 0 Å². The van der Waals surface area contributed by atoms with Crippen molar-refractivity contribution in [3.63, 3.8) is 0 Å². The van der Waals surface area contributed by atoms with Crippen molar-refractivity contribution in [2.75, 3.05) is 6.54 Å². The van der Waals surface area contributed by atoms with E-state index in [1.54, 1.807) is 4.68 Å². The van der Waals surface area contributed by atoms with Gasteiger partial charge >= 0.3 is 0 Å². The van der Waals surface area contributed by atoms with Gasteiger partial charge in [0, 0.05) is 18.8 Å². The van der Waals surface area contributed by atoms with E-state index in [0.717, 1.165) is 18.7 Å². The molecule has 0 spiro atoms. The Balaban J connectivity index is 2.55. The van der Waals surface area contributed by atoms with Crippen LogP contribution in [0.2, 0.25) is 0 Å². The van der Waals surface area contributed by atoms with Gasteiger partial charge in [0.05, 0.1) is 5.69 Å². The number of nitrogens with one attached hydrogen (secondary N) is 1. The van der Waals surface area contributed by atoms with E-state index in [-0.39, 0.29) is 5.54 Å². The Hall–Kier alpha value is -0.900. The Morgan fingerprint density at radius 1 is 1.35 bits per heavy atom. The summed E-state index contributed by atoms with van der Waals surface area (Å²) in [7, 11) is 1.91. The minimum Gasteiger partial charge on any atom is -0.312 e. The lowest BCUT2D eigenvalue weighted by Gasteiger charge is -2.27. The van der Waals surface area contributed by atoms with Crippen molar-refractivity contribution >= 4 is 0 Å².